The molecule has 0 spiro atoms. The van der Waals surface area contributed by atoms with Gasteiger partial charge in [0.05, 0.1) is 5.52 Å². The van der Waals surface area contributed by atoms with E-state index in [1.54, 1.807) is 23.6 Å². The number of alkyl halides is 3. The molecule has 2 N–H and O–H groups in total. The third-order valence-electron chi connectivity index (χ3n) is 3.95. The molecule has 29 heavy (non-hydrogen) atoms. The summed E-state index contributed by atoms with van der Waals surface area (Å²) in [6.45, 7) is 0.395. The van der Waals surface area contributed by atoms with Crippen LogP contribution in [0.5, 0.6) is 0 Å². The van der Waals surface area contributed by atoms with Crippen molar-refractivity contribution in [3.8, 4) is 0 Å². The lowest BCUT2D eigenvalue weighted by Gasteiger charge is -2.11. The predicted octanol–water partition coefficient (Wildman–Crippen LogP) is 3.64. The Hall–Kier alpha value is -3.14. The number of halogens is 3. The third kappa shape index (κ3) is 5.02. The van der Waals surface area contributed by atoms with Gasteiger partial charge in [0.15, 0.2) is 0 Å². The number of amides is 1. The summed E-state index contributed by atoms with van der Waals surface area (Å²) < 4.78 is 64.5. The average Bonchev–Trinajstić information content (AvgIpc) is 2.65. The number of aryl methyl sites for hydroxylation is 1. The summed E-state index contributed by atoms with van der Waals surface area (Å²) in [5.74, 6) is -0.912. The Morgan fingerprint density at radius 1 is 1.10 bits per heavy atom. The summed E-state index contributed by atoms with van der Waals surface area (Å²) >= 11 is 0. The lowest BCUT2D eigenvalue weighted by molar-refractivity contribution is -0.123. The molecular formula is C19H16F3N3O3S. The van der Waals surface area contributed by atoms with Crippen LogP contribution in [0.15, 0.2) is 59.6 Å². The number of hydrogen-bond donors (Lipinski definition) is 2. The van der Waals surface area contributed by atoms with Gasteiger partial charge in [-0.3, -0.25) is 14.5 Å². The molecule has 2 aromatic carbocycles. The predicted molar refractivity (Wildman–Crippen MR) is 102 cm³/mol. The van der Waals surface area contributed by atoms with Crippen LogP contribution in [0.4, 0.5) is 18.9 Å². The SMILES string of the molecule is Cc1cnc2c(S(=O)(=O)Nc3ccc(C(=O)NCC(F)(F)F)cc3)cccc2c1. The van der Waals surface area contributed by atoms with Crippen molar-refractivity contribution < 1.29 is 26.4 Å². The highest BCUT2D eigenvalue weighted by atomic mass is 32.2. The maximum Gasteiger partial charge on any atom is 0.405 e. The normalized spacial score (nSPS) is 12.0. The molecule has 3 rings (SSSR count). The zero-order valence-corrected chi connectivity index (χ0v) is 15.9. The average molecular weight is 423 g/mol. The Labute approximate surface area is 164 Å². The van der Waals surface area contributed by atoms with E-state index in [2.05, 4.69) is 9.71 Å². The van der Waals surface area contributed by atoms with Crippen LogP contribution in [0.2, 0.25) is 0 Å². The first kappa shape index (κ1) is 20.6. The molecule has 0 fully saturated rings. The number of para-hydroxylation sites is 1. The molecular weight excluding hydrogens is 407 g/mol. The van der Waals surface area contributed by atoms with Crippen molar-refractivity contribution >= 4 is 32.5 Å². The number of rotatable bonds is 5. The van der Waals surface area contributed by atoms with Gasteiger partial charge in [-0.15, -0.1) is 0 Å². The van der Waals surface area contributed by atoms with Crippen LogP contribution in [-0.2, 0) is 10.0 Å². The molecule has 0 unspecified atom stereocenters. The van der Waals surface area contributed by atoms with E-state index < -0.39 is 28.7 Å². The van der Waals surface area contributed by atoms with Gasteiger partial charge in [0.2, 0.25) is 0 Å². The number of benzene rings is 2. The Kier molecular flexibility index (Phi) is 5.47. The van der Waals surface area contributed by atoms with Gasteiger partial charge in [0, 0.05) is 22.8 Å². The summed E-state index contributed by atoms with van der Waals surface area (Å²) in [6, 6.07) is 11.6. The van der Waals surface area contributed by atoms with Gasteiger partial charge in [-0.2, -0.15) is 13.2 Å². The molecule has 0 aliphatic heterocycles. The first-order valence-corrected chi connectivity index (χ1v) is 9.87. The van der Waals surface area contributed by atoms with Crippen LogP contribution >= 0.6 is 0 Å². The van der Waals surface area contributed by atoms with E-state index in [-0.39, 0.29) is 16.1 Å². The number of pyridine rings is 1. The van der Waals surface area contributed by atoms with Crippen LogP contribution < -0.4 is 10.0 Å². The van der Waals surface area contributed by atoms with Crippen molar-refractivity contribution in [2.75, 3.05) is 11.3 Å². The molecule has 0 saturated carbocycles. The highest BCUT2D eigenvalue weighted by Gasteiger charge is 2.28. The standard InChI is InChI=1S/C19H16F3N3O3S/c1-12-9-14-3-2-4-16(17(14)23-10-12)29(27,28)25-15-7-5-13(6-8-15)18(26)24-11-19(20,21)22/h2-10,25H,11H2,1H3,(H,24,26). The molecule has 6 nitrogen and oxygen atoms in total. The van der Waals surface area contributed by atoms with E-state index in [1.807, 2.05) is 13.0 Å². The molecule has 0 radical (unpaired) electrons. The van der Waals surface area contributed by atoms with Gasteiger partial charge in [0.25, 0.3) is 15.9 Å². The topological polar surface area (TPSA) is 88.2 Å². The fraction of sp³-hybridized carbons (Fsp3) is 0.158. The van der Waals surface area contributed by atoms with E-state index in [0.29, 0.717) is 10.9 Å². The second-order valence-electron chi connectivity index (χ2n) is 6.32. The van der Waals surface area contributed by atoms with Crippen molar-refractivity contribution in [2.45, 2.75) is 18.0 Å². The van der Waals surface area contributed by atoms with Crippen LogP contribution in [0, 0.1) is 6.92 Å². The molecule has 0 aliphatic rings. The molecule has 152 valence electrons. The Morgan fingerprint density at radius 2 is 1.79 bits per heavy atom. The van der Waals surface area contributed by atoms with Gasteiger partial charge in [-0.1, -0.05) is 12.1 Å². The zero-order chi connectivity index (χ0) is 21.2. The number of carbonyl (C=O) groups excluding carboxylic acids is 1. The van der Waals surface area contributed by atoms with Gasteiger partial charge >= 0.3 is 6.18 Å². The third-order valence-corrected chi connectivity index (χ3v) is 5.36. The lowest BCUT2D eigenvalue weighted by atomic mass is 10.2. The number of nitrogens with zero attached hydrogens (tertiary/aromatic N) is 1. The molecule has 10 heteroatoms. The summed E-state index contributed by atoms with van der Waals surface area (Å²) in [7, 11) is -3.98. The molecule has 3 aromatic rings. The van der Waals surface area contributed by atoms with E-state index in [4.69, 9.17) is 0 Å². The Bertz CT molecular complexity index is 1160. The fourth-order valence-electron chi connectivity index (χ4n) is 2.64. The number of sulfonamides is 1. The first-order valence-electron chi connectivity index (χ1n) is 8.38. The Balaban J connectivity index is 1.80. The number of carbonyl (C=O) groups is 1. The van der Waals surface area contributed by atoms with Crippen molar-refractivity contribution in [2.24, 2.45) is 0 Å². The number of aromatic nitrogens is 1. The molecule has 0 bridgehead atoms. The minimum absolute atomic E-state index is 0.0120. The number of hydrogen-bond acceptors (Lipinski definition) is 4. The van der Waals surface area contributed by atoms with Crippen LogP contribution in [-0.4, -0.2) is 32.0 Å². The highest BCUT2D eigenvalue weighted by Crippen LogP contribution is 2.24. The molecule has 0 aliphatic carbocycles. The molecule has 0 saturated heterocycles. The van der Waals surface area contributed by atoms with Gasteiger partial charge < -0.3 is 5.32 Å². The van der Waals surface area contributed by atoms with Crippen molar-refractivity contribution in [1.29, 1.82) is 0 Å². The maximum atomic E-state index is 12.8. The molecule has 1 heterocycles. The number of fused-ring (bicyclic) bond motifs is 1. The van der Waals surface area contributed by atoms with Gasteiger partial charge in [-0.25, -0.2) is 8.42 Å². The van der Waals surface area contributed by atoms with E-state index >= 15 is 0 Å². The smallest absolute Gasteiger partial charge is 0.343 e. The second kappa shape index (κ2) is 7.70. The Morgan fingerprint density at radius 3 is 2.45 bits per heavy atom. The van der Waals surface area contributed by atoms with E-state index in [9.17, 15) is 26.4 Å². The summed E-state index contributed by atoms with van der Waals surface area (Å²) in [4.78, 5) is 15.9. The number of nitrogens with one attached hydrogen (secondary N) is 2. The summed E-state index contributed by atoms with van der Waals surface area (Å²) in [5, 5.41) is 2.42. The van der Waals surface area contributed by atoms with Crippen molar-refractivity contribution in [3.63, 3.8) is 0 Å². The maximum absolute atomic E-state index is 12.8. The van der Waals surface area contributed by atoms with Crippen LogP contribution in [0.3, 0.4) is 0 Å². The van der Waals surface area contributed by atoms with Crippen LogP contribution in [0.1, 0.15) is 15.9 Å². The van der Waals surface area contributed by atoms with Gasteiger partial charge in [0.1, 0.15) is 11.4 Å². The minimum Gasteiger partial charge on any atom is -0.343 e. The van der Waals surface area contributed by atoms with E-state index in [0.717, 1.165) is 5.56 Å². The largest absolute Gasteiger partial charge is 0.405 e. The zero-order valence-electron chi connectivity index (χ0n) is 15.1. The van der Waals surface area contributed by atoms with Crippen molar-refractivity contribution in [1.82, 2.24) is 10.3 Å². The first-order chi connectivity index (χ1) is 13.5. The minimum atomic E-state index is -4.52. The molecule has 0 atom stereocenters. The summed E-state index contributed by atoms with van der Waals surface area (Å²) in [6.07, 6.45) is -2.95. The van der Waals surface area contributed by atoms with Crippen LogP contribution in [0.25, 0.3) is 10.9 Å². The summed E-state index contributed by atoms with van der Waals surface area (Å²) in [5.41, 5.74) is 1.33. The fourth-order valence-corrected chi connectivity index (χ4v) is 3.88. The lowest BCUT2D eigenvalue weighted by Crippen LogP contribution is -2.33. The highest BCUT2D eigenvalue weighted by molar-refractivity contribution is 7.93. The quantitative estimate of drug-likeness (QED) is 0.656. The monoisotopic (exact) mass is 423 g/mol. The van der Waals surface area contributed by atoms with Crippen molar-refractivity contribution in [3.05, 3.63) is 65.9 Å². The number of anilines is 1. The second-order valence-corrected chi connectivity index (χ2v) is 7.97. The molecule has 1 amide bonds. The van der Waals surface area contributed by atoms with E-state index in [1.165, 1.54) is 30.3 Å². The van der Waals surface area contributed by atoms with Gasteiger partial charge in [-0.05, 0) is 48.9 Å². The molecule has 1 aromatic heterocycles.